The van der Waals surface area contributed by atoms with Crippen molar-refractivity contribution in [2.75, 3.05) is 13.2 Å². The fraction of sp³-hybridized carbons (Fsp3) is 0.776. The summed E-state index contributed by atoms with van der Waals surface area (Å²) >= 11 is 0. The lowest BCUT2D eigenvalue weighted by Crippen LogP contribution is -2.30. The number of unbranched alkanes of at least 4 members (excludes halogenated alkanes) is 34. The summed E-state index contributed by atoms with van der Waals surface area (Å²) in [7, 11) is 0. The van der Waals surface area contributed by atoms with E-state index in [1.165, 1.54) is 180 Å². The lowest BCUT2D eigenvalue weighted by molar-refractivity contribution is -0.167. The molecule has 0 rings (SSSR count). The van der Waals surface area contributed by atoms with Gasteiger partial charge in [0.1, 0.15) is 13.2 Å². The summed E-state index contributed by atoms with van der Waals surface area (Å²) in [6, 6.07) is 0. The number of hydrogen-bond acceptors (Lipinski definition) is 6. The molecule has 0 fully saturated rings. The second kappa shape index (κ2) is 61.4. The maximum atomic E-state index is 12.9. The molecule has 0 aromatic rings. The molecule has 6 nitrogen and oxygen atoms in total. The zero-order valence-corrected chi connectivity index (χ0v) is 48.4. The first-order valence-electron chi connectivity index (χ1n) is 31.4. The number of hydrogen-bond donors (Lipinski definition) is 0. The normalized spacial score (nSPS) is 12.5. The summed E-state index contributed by atoms with van der Waals surface area (Å²) in [5, 5.41) is 0. The number of carbonyl (C=O) groups excluding carboxylic acids is 3. The molecule has 1 atom stereocenters. The quantitative estimate of drug-likeness (QED) is 0.0261. The van der Waals surface area contributed by atoms with Crippen LogP contribution in [-0.2, 0) is 28.6 Å². The Balaban J connectivity index is 4.22. The standard InChI is InChI=1S/C67H118O6/c1-4-7-10-13-16-19-22-24-26-28-29-30-31-32-33-34-35-36-37-39-40-42-45-48-51-54-57-60-66(69)72-63-64(62-71-65(68)59-56-53-50-47-44-21-18-15-12-9-6-3)73-67(70)61-58-55-52-49-46-43-41-38-27-25-23-20-17-14-11-8-5-2/h7,10,16-17,19-20,24-27,29-30,64H,4-6,8-9,11-15,18,21-23,28,31-63H2,1-3H3/b10-7-,19-16-,20-17-,26-24-,27-25-,30-29-. The second-order valence-corrected chi connectivity index (χ2v) is 20.9. The molecule has 6 heteroatoms. The molecular formula is C67H118O6. The first kappa shape index (κ1) is 69.8. The number of carbonyl (C=O) groups is 3. The monoisotopic (exact) mass is 1020 g/mol. The Morgan fingerprint density at radius 3 is 0.863 bits per heavy atom. The van der Waals surface area contributed by atoms with Crippen molar-refractivity contribution in [3.8, 4) is 0 Å². The molecule has 0 radical (unpaired) electrons. The van der Waals surface area contributed by atoms with E-state index in [-0.39, 0.29) is 31.1 Å². The number of rotatable bonds is 57. The fourth-order valence-electron chi connectivity index (χ4n) is 9.00. The van der Waals surface area contributed by atoms with Gasteiger partial charge in [0.05, 0.1) is 0 Å². The summed E-state index contributed by atoms with van der Waals surface area (Å²) in [6.45, 7) is 6.52. The van der Waals surface area contributed by atoms with Crippen LogP contribution in [0, 0.1) is 0 Å². The minimum absolute atomic E-state index is 0.0748. The Morgan fingerprint density at radius 2 is 0.534 bits per heavy atom. The van der Waals surface area contributed by atoms with Crippen molar-refractivity contribution in [2.45, 2.75) is 322 Å². The summed E-state index contributed by atoms with van der Waals surface area (Å²) in [4.78, 5) is 38.2. The van der Waals surface area contributed by atoms with Crippen LogP contribution >= 0.6 is 0 Å². The van der Waals surface area contributed by atoms with Crippen LogP contribution in [0.5, 0.6) is 0 Å². The van der Waals surface area contributed by atoms with Gasteiger partial charge in [0.25, 0.3) is 0 Å². The molecule has 0 heterocycles. The average molecular weight is 1020 g/mol. The van der Waals surface area contributed by atoms with Gasteiger partial charge in [0, 0.05) is 19.3 Å². The van der Waals surface area contributed by atoms with Gasteiger partial charge in [-0.3, -0.25) is 14.4 Å². The van der Waals surface area contributed by atoms with Gasteiger partial charge in [-0.1, -0.05) is 280 Å². The van der Waals surface area contributed by atoms with Crippen molar-refractivity contribution in [3.63, 3.8) is 0 Å². The maximum Gasteiger partial charge on any atom is 0.306 e. The zero-order chi connectivity index (χ0) is 52.9. The van der Waals surface area contributed by atoms with E-state index in [2.05, 4.69) is 93.7 Å². The van der Waals surface area contributed by atoms with Crippen LogP contribution in [0.4, 0.5) is 0 Å². The first-order valence-corrected chi connectivity index (χ1v) is 31.4. The molecule has 0 spiro atoms. The number of ether oxygens (including phenoxy) is 3. The Kier molecular flexibility index (Phi) is 58.7. The van der Waals surface area contributed by atoms with Crippen LogP contribution in [0.1, 0.15) is 316 Å². The second-order valence-electron chi connectivity index (χ2n) is 20.9. The maximum absolute atomic E-state index is 12.9. The van der Waals surface area contributed by atoms with Crippen LogP contribution < -0.4 is 0 Å². The van der Waals surface area contributed by atoms with Gasteiger partial charge in [-0.2, -0.15) is 0 Å². The Bertz CT molecular complexity index is 1360. The van der Waals surface area contributed by atoms with Crippen LogP contribution in [0.25, 0.3) is 0 Å². The SMILES string of the molecule is CC/C=C\C/C=C\C/C=C\C/C=C\CCCCCCCCCCCCCCCCC(=O)OCC(COC(=O)CCCCCCCCCCCCC)OC(=O)CCCCCCCCC/C=C\C/C=C\CCCCC. The van der Waals surface area contributed by atoms with Crippen molar-refractivity contribution in [1.29, 1.82) is 0 Å². The highest BCUT2D eigenvalue weighted by Gasteiger charge is 2.19. The van der Waals surface area contributed by atoms with Gasteiger partial charge in [-0.15, -0.1) is 0 Å². The highest BCUT2D eigenvalue weighted by atomic mass is 16.6. The molecule has 0 aliphatic heterocycles. The van der Waals surface area contributed by atoms with E-state index in [1.54, 1.807) is 0 Å². The van der Waals surface area contributed by atoms with E-state index < -0.39 is 6.10 Å². The highest BCUT2D eigenvalue weighted by molar-refractivity contribution is 5.71. The third kappa shape index (κ3) is 59.6. The Hall–Kier alpha value is -3.15. The van der Waals surface area contributed by atoms with E-state index >= 15 is 0 Å². The smallest absolute Gasteiger partial charge is 0.306 e. The molecule has 0 saturated heterocycles. The number of esters is 3. The first-order chi connectivity index (χ1) is 36.0. The van der Waals surface area contributed by atoms with Gasteiger partial charge in [-0.25, -0.2) is 0 Å². The van der Waals surface area contributed by atoms with E-state index in [0.29, 0.717) is 19.3 Å². The van der Waals surface area contributed by atoms with Crippen molar-refractivity contribution < 1.29 is 28.6 Å². The van der Waals surface area contributed by atoms with Crippen LogP contribution in [-0.4, -0.2) is 37.2 Å². The molecule has 0 aliphatic carbocycles. The van der Waals surface area contributed by atoms with Crippen molar-refractivity contribution >= 4 is 17.9 Å². The van der Waals surface area contributed by atoms with Gasteiger partial charge in [0.2, 0.25) is 0 Å². The number of allylic oxidation sites excluding steroid dienone is 12. The third-order valence-corrected chi connectivity index (χ3v) is 13.7. The molecule has 422 valence electrons. The minimum atomic E-state index is -0.777. The van der Waals surface area contributed by atoms with Crippen LogP contribution in [0.2, 0.25) is 0 Å². The molecule has 0 amide bonds. The van der Waals surface area contributed by atoms with Gasteiger partial charge in [-0.05, 0) is 89.9 Å². The average Bonchev–Trinajstić information content (AvgIpc) is 3.39. The molecule has 0 saturated carbocycles. The van der Waals surface area contributed by atoms with Crippen LogP contribution in [0.3, 0.4) is 0 Å². The van der Waals surface area contributed by atoms with Gasteiger partial charge in [0.15, 0.2) is 6.10 Å². The minimum Gasteiger partial charge on any atom is -0.462 e. The molecule has 1 unspecified atom stereocenters. The fourth-order valence-corrected chi connectivity index (χ4v) is 9.00. The van der Waals surface area contributed by atoms with E-state index in [9.17, 15) is 14.4 Å². The Labute approximate surface area is 453 Å². The largest absolute Gasteiger partial charge is 0.462 e. The van der Waals surface area contributed by atoms with Crippen molar-refractivity contribution in [3.05, 3.63) is 72.9 Å². The predicted molar refractivity (Wildman–Crippen MR) is 316 cm³/mol. The summed E-state index contributed by atoms with van der Waals surface area (Å²) in [5.74, 6) is -0.870. The molecule has 0 bridgehead atoms. The predicted octanol–water partition coefficient (Wildman–Crippen LogP) is 21.3. The van der Waals surface area contributed by atoms with Gasteiger partial charge < -0.3 is 14.2 Å². The molecule has 0 aliphatic rings. The van der Waals surface area contributed by atoms with Crippen molar-refractivity contribution in [2.24, 2.45) is 0 Å². The summed E-state index contributed by atoms with van der Waals surface area (Å²) < 4.78 is 16.9. The topological polar surface area (TPSA) is 78.9 Å². The summed E-state index contributed by atoms with van der Waals surface area (Å²) in [6.07, 6.45) is 79.1. The van der Waals surface area contributed by atoms with E-state index in [4.69, 9.17) is 14.2 Å². The zero-order valence-electron chi connectivity index (χ0n) is 48.4. The molecule has 0 aromatic carbocycles. The van der Waals surface area contributed by atoms with Crippen LogP contribution in [0.15, 0.2) is 72.9 Å². The van der Waals surface area contributed by atoms with E-state index in [0.717, 1.165) is 96.3 Å². The highest BCUT2D eigenvalue weighted by Crippen LogP contribution is 2.17. The molecule has 0 aromatic heterocycles. The van der Waals surface area contributed by atoms with E-state index in [1.807, 2.05) is 0 Å². The van der Waals surface area contributed by atoms with Gasteiger partial charge >= 0.3 is 17.9 Å². The van der Waals surface area contributed by atoms with Crippen molar-refractivity contribution in [1.82, 2.24) is 0 Å². The lowest BCUT2D eigenvalue weighted by Gasteiger charge is -2.18. The molecular weight excluding hydrogens is 901 g/mol. The lowest BCUT2D eigenvalue weighted by atomic mass is 10.0. The molecule has 0 N–H and O–H groups in total. The molecule has 73 heavy (non-hydrogen) atoms. The third-order valence-electron chi connectivity index (χ3n) is 13.7. The Morgan fingerprint density at radius 1 is 0.288 bits per heavy atom. The summed E-state index contributed by atoms with van der Waals surface area (Å²) in [5.41, 5.74) is 0.